The van der Waals surface area contributed by atoms with Crippen LogP contribution in [0, 0.1) is 0 Å². The molecule has 1 fully saturated rings. The molecule has 0 amide bonds. The van der Waals surface area contributed by atoms with Crippen molar-refractivity contribution >= 4 is 0 Å². The summed E-state index contributed by atoms with van der Waals surface area (Å²) < 4.78 is 42.5. The lowest BCUT2D eigenvalue weighted by atomic mass is 9.96. The van der Waals surface area contributed by atoms with Crippen molar-refractivity contribution in [3.8, 4) is 5.75 Å². The molecule has 1 aliphatic heterocycles. The predicted molar refractivity (Wildman–Crippen MR) is 58.2 cm³/mol. The first kappa shape index (κ1) is 12.2. The van der Waals surface area contributed by atoms with Gasteiger partial charge in [0.05, 0.1) is 7.11 Å². The average molecular weight is 245 g/mol. The van der Waals surface area contributed by atoms with Gasteiger partial charge in [-0.25, -0.2) is 0 Å². The van der Waals surface area contributed by atoms with Gasteiger partial charge in [0.2, 0.25) is 0 Å². The van der Waals surface area contributed by atoms with Crippen molar-refractivity contribution in [2.75, 3.05) is 13.7 Å². The van der Waals surface area contributed by atoms with Crippen LogP contribution >= 0.6 is 0 Å². The number of alkyl halides is 3. The predicted octanol–water partition coefficient (Wildman–Crippen LogP) is 2.70. The highest BCUT2D eigenvalue weighted by Crippen LogP contribution is 2.34. The lowest BCUT2D eigenvalue weighted by molar-refractivity contribution is -0.152. The first-order valence-corrected chi connectivity index (χ1v) is 5.45. The topological polar surface area (TPSA) is 21.3 Å². The third-order valence-electron chi connectivity index (χ3n) is 3.11. The number of rotatable bonds is 2. The summed E-state index contributed by atoms with van der Waals surface area (Å²) in [6.45, 7) is 0.372. The van der Waals surface area contributed by atoms with Crippen LogP contribution in [0.2, 0.25) is 0 Å². The van der Waals surface area contributed by atoms with E-state index in [0.29, 0.717) is 12.3 Å². The van der Waals surface area contributed by atoms with Crippen molar-refractivity contribution in [2.24, 2.45) is 0 Å². The molecule has 0 spiro atoms. The monoisotopic (exact) mass is 245 g/mol. The van der Waals surface area contributed by atoms with Crippen molar-refractivity contribution in [1.82, 2.24) is 5.32 Å². The molecule has 2 nitrogen and oxygen atoms in total. The molecule has 1 aliphatic rings. The molecule has 2 atom stereocenters. The first-order valence-electron chi connectivity index (χ1n) is 5.45. The summed E-state index contributed by atoms with van der Waals surface area (Å²) in [6.07, 6.45) is -4.04. The molecule has 94 valence electrons. The highest BCUT2D eigenvalue weighted by molar-refractivity contribution is 5.30. The third kappa shape index (κ3) is 2.72. The molecule has 1 N–H and O–H groups in total. The Morgan fingerprint density at radius 3 is 2.35 bits per heavy atom. The molecule has 0 aromatic heterocycles. The molecule has 1 saturated heterocycles. The Morgan fingerprint density at radius 2 is 1.88 bits per heavy atom. The molecular weight excluding hydrogens is 231 g/mol. The Labute approximate surface area is 97.8 Å². The first-order chi connectivity index (χ1) is 8.00. The molecule has 1 aromatic carbocycles. The van der Waals surface area contributed by atoms with Gasteiger partial charge in [0.15, 0.2) is 0 Å². The normalized spacial score (nSPS) is 24.9. The second-order valence-corrected chi connectivity index (χ2v) is 4.21. The number of nitrogens with one attached hydrogen (secondary N) is 1. The standard InChI is InChI=1S/C12H14F3NO/c1-17-10-4-2-8(3-5-10)9-6-11(16-7-9)12(13,14)15/h2-5,9,11,16H,6-7H2,1H3. The van der Waals surface area contributed by atoms with Gasteiger partial charge in [0, 0.05) is 6.54 Å². The third-order valence-corrected chi connectivity index (χ3v) is 3.11. The van der Waals surface area contributed by atoms with E-state index in [1.165, 1.54) is 0 Å². The van der Waals surface area contributed by atoms with Crippen LogP contribution in [-0.2, 0) is 0 Å². The highest BCUT2D eigenvalue weighted by atomic mass is 19.4. The van der Waals surface area contributed by atoms with Gasteiger partial charge >= 0.3 is 6.18 Å². The van der Waals surface area contributed by atoms with Gasteiger partial charge in [-0.05, 0) is 30.0 Å². The van der Waals surface area contributed by atoms with Crippen molar-refractivity contribution in [2.45, 2.75) is 24.6 Å². The van der Waals surface area contributed by atoms with Crippen LogP contribution in [0.5, 0.6) is 5.75 Å². The molecule has 2 unspecified atom stereocenters. The van der Waals surface area contributed by atoms with Crippen LogP contribution in [0.25, 0.3) is 0 Å². The number of benzene rings is 1. The molecule has 0 radical (unpaired) electrons. The van der Waals surface area contributed by atoms with Crippen molar-refractivity contribution in [3.05, 3.63) is 29.8 Å². The van der Waals surface area contributed by atoms with Gasteiger partial charge in [0.1, 0.15) is 11.8 Å². The second-order valence-electron chi connectivity index (χ2n) is 4.21. The summed E-state index contributed by atoms with van der Waals surface area (Å²) in [5.41, 5.74) is 0.921. The molecule has 17 heavy (non-hydrogen) atoms. The van der Waals surface area contributed by atoms with Crippen LogP contribution in [-0.4, -0.2) is 25.9 Å². The quantitative estimate of drug-likeness (QED) is 0.865. The maximum absolute atomic E-state index is 12.5. The fourth-order valence-electron chi connectivity index (χ4n) is 2.12. The largest absolute Gasteiger partial charge is 0.497 e. The highest BCUT2D eigenvalue weighted by Gasteiger charge is 2.44. The summed E-state index contributed by atoms with van der Waals surface area (Å²) in [7, 11) is 1.56. The number of hydrogen-bond donors (Lipinski definition) is 1. The Bertz CT molecular complexity index is 374. The average Bonchev–Trinajstić information content (AvgIpc) is 2.78. The minimum absolute atomic E-state index is 0.0764. The maximum atomic E-state index is 12.5. The van der Waals surface area contributed by atoms with Crippen molar-refractivity contribution in [1.29, 1.82) is 0 Å². The Morgan fingerprint density at radius 1 is 1.24 bits per heavy atom. The lowest BCUT2D eigenvalue weighted by Gasteiger charge is -2.14. The van der Waals surface area contributed by atoms with E-state index in [0.717, 1.165) is 5.56 Å². The molecule has 2 rings (SSSR count). The zero-order valence-electron chi connectivity index (χ0n) is 9.42. The summed E-state index contributed by atoms with van der Waals surface area (Å²) in [5, 5.41) is 2.52. The minimum atomic E-state index is -4.15. The lowest BCUT2D eigenvalue weighted by Crippen LogP contribution is -2.36. The van der Waals surface area contributed by atoms with E-state index >= 15 is 0 Å². The summed E-state index contributed by atoms with van der Waals surface area (Å²) in [5.74, 6) is 0.639. The fourth-order valence-corrected chi connectivity index (χ4v) is 2.12. The van der Waals surface area contributed by atoms with E-state index in [1.807, 2.05) is 12.1 Å². The van der Waals surface area contributed by atoms with Gasteiger partial charge in [0.25, 0.3) is 0 Å². The smallest absolute Gasteiger partial charge is 0.403 e. The SMILES string of the molecule is COc1ccc(C2CNC(C(F)(F)F)C2)cc1. The number of hydrogen-bond acceptors (Lipinski definition) is 2. The number of methoxy groups -OCH3 is 1. The van der Waals surface area contributed by atoms with E-state index in [2.05, 4.69) is 5.32 Å². The van der Waals surface area contributed by atoms with E-state index in [4.69, 9.17) is 4.74 Å². The summed E-state index contributed by atoms with van der Waals surface area (Å²) in [6, 6.07) is 5.81. The van der Waals surface area contributed by atoms with Crippen LogP contribution in [0.15, 0.2) is 24.3 Å². The Kier molecular flexibility index (Phi) is 3.28. The van der Waals surface area contributed by atoms with Gasteiger partial charge in [-0.15, -0.1) is 0 Å². The number of ether oxygens (including phenoxy) is 1. The molecule has 1 aromatic rings. The van der Waals surface area contributed by atoms with Crippen molar-refractivity contribution in [3.63, 3.8) is 0 Å². The molecule has 1 heterocycles. The van der Waals surface area contributed by atoms with E-state index in [-0.39, 0.29) is 12.3 Å². The molecule has 5 heteroatoms. The van der Waals surface area contributed by atoms with Crippen LogP contribution < -0.4 is 10.1 Å². The zero-order valence-corrected chi connectivity index (χ0v) is 9.42. The van der Waals surface area contributed by atoms with E-state index in [1.54, 1.807) is 19.2 Å². The Hall–Kier alpha value is -1.23. The minimum Gasteiger partial charge on any atom is -0.497 e. The maximum Gasteiger partial charge on any atom is 0.403 e. The van der Waals surface area contributed by atoms with Crippen LogP contribution in [0.3, 0.4) is 0 Å². The van der Waals surface area contributed by atoms with Gasteiger partial charge in [-0.2, -0.15) is 13.2 Å². The molecule has 0 aliphatic carbocycles. The van der Waals surface area contributed by atoms with Crippen LogP contribution in [0.1, 0.15) is 17.9 Å². The van der Waals surface area contributed by atoms with Gasteiger partial charge in [-0.1, -0.05) is 12.1 Å². The van der Waals surface area contributed by atoms with Gasteiger partial charge < -0.3 is 10.1 Å². The summed E-state index contributed by atoms with van der Waals surface area (Å²) in [4.78, 5) is 0. The van der Waals surface area contributed by atoms with E-state index < -0.39 is 12.2 Å². The molecular formula is C12H14F3NO. The second kappa shape index (κ2) is 4.56. The number of halogens is 3. The van der Waals surface area contributed by atoms with Crippen molar-refractivity contribution < 1.29 is 17.9 Å². The Balaban J connectivity index is 2.05. The van der Waals surface area contributed by atoms with E-state index in [9.17, 15) is 13.2 Å². The fraction of sp³-hybridized carbons (Fsp3) is 0.500. The summed E-state index contributed by atoms with van der Waals surface area (Å²) >= 11 is 0. The van der Waals surface area contributed by atoms with Gasteiger partial charge in [-0.3, -0.25) is 0 Å². The molecule has 0 bridgehead atoms. The van der Waals surface area contributed by atoms with Crippen LogP contribution in [0.4, 0.5) is 13.2 Å². The molecule has 0 saturated carbocycles. The zero-order chi connectivity index (χ0) is 12.5.